The number of aromatic nitrogens is 1. The first-order valence-corrected chi connectivity index (χ1v) is 7.09. The minimum absolute atomic E-state index is 0.0443. The third-order valence-corrected chi connectivity index (χ3v) is 4.12. The lowest BCUT2D eigenvalue weighted by molar-refractivity contribution is 0.140. The first-order valence-electron chi connectivity index (χ1n) is 6.30. The van der Waals surface area contributed by atoms with E-state index in [0.29, 0.717) is 11.8 Å². The van der Waals surface area contributed by atoms with Crippen LogP contribution in [0.25, 0.3) is 0 Å². The van der Waals surface area contributed by atoms with Gasteiger partial charge in [0.25, 0.3) is 5.56 Å². The van der Waals surface area contributed by atoms with Crippen molar-refractivity contribution in [2.75, 3.05) is 7.05 Å². The van der Waals surface area contributed by atoms with E-state index in [0.717, 1.165) is 30.2 Å². The van der Waals surface area contributed by atoms with E-state index in [9.17, 15) is 4.79 Å². The van der Waals surface area contributed by atoms with Gasteiger partial charge in [-0.05, 0) is 48.7 Å². The summed E-state index contributed by atoms with van der Waals surface area (Å²) in [5.74, 6) is 0.658. The van der Waals surface area contributed by atoms with Gasteiger partial charge in [0.15, 0.2) is 0 Å². The minimum Gasteiger partial charge on any atom is -0.489 e. The van der Waals surface area contributed by atoms with Gasteiger partial charge in [-0.25, -0.2) is 0 Å². The van der Waals surface area contributed by atoms with Gasteiger partial charge < -0.3 is 14.6 Å². The highest BCUT2D eigenvalue weighted by Gasteiger charge is 2.22. The van der Waals surface area contributed by atoms with Crippen LogP contribution in [0.4, 0.5) is 0 Å². The second kappa shape index (κ2) is 5.89. The van der Waals surface area contributed by atoms with E-state index in [4.69, 9.17) is 4.74 Å². The molecule has 1 aliphatic rings. The zero-order valence-corrected chi connectivity index (χ0v) is 12.4. The zero-order valence-electron chi connectivity index (χ0n) is 10.8. The molecule has 2 rings (SSSR count). The maximum atomic E-state index is 11.6. The Morgan fingerprint density at radius 2 is 2.06 bits per heavy atom. The third kappa shape index (κ3) is 3.14. The average Bonchev–Trinajstić information content (AvgIpc) is 2.37. The van der Waals surface area contributed by atoms with Crippen molar-refractivity contribution < 1.29 is 4.74 Å². The van der Waals surface area contributed by atoms with Gasteiger partial charge in [-0.15, -0.1) is 0 Å². The van der Waals surface area contributed by atoms with Crippen LogP contribution in [-0.2, 0) is 7.05 Å². The highest BCUT2D eigenvalue weighted by molar-refractivity contribution is 9.10. The first-order chi connectivity index (χ1) is 8.60. The van der Waals surface area contributed by atoms with E-state index in [2.05, 4.69) is 21.2 Å². The number of rotatable bonds is 3. The fourth-order valence-electron chi connectivity index (χ4n) is 2.32. The molecular weight excluding hydrogens is 296 g/mol. The van der Waals surface area contributed by atoms with Crippen LogP contribution in [-0.4, -0.2) is 23.8 Å². The molecule has 1 heterocycles. The van der Waals surface area contributed by atoms with Crippen LogP contribution in [0.15, 0.2) is 21.5 Å². The molecular formula is C13H19BrN2O2. The quantitative estimate of drug-likeness (QED) is 0.928. The molecule has 5 heteroatoms. The Morgan fingerprint density at radius 3 is 2.67 bits per heavy atom. The monoisotopic (exact) mass is 314 g/mol. The Hall–Kier alpha value is -0.810. The minimum atomic E-state index is -0.0443. The maximum absolute atomic E-state index is 11.6. The Morgan fingerprint density at radius 1 is 1.39 bits per heavy atom. The van der Waals surface area contributed by atoms with Crippen LogP contribution < -0.4 is 15.6 Å². The molecule has 0 atom stereocenters. The molecule has 0 aliphatic heterocycles. The Kier molecular flexibility index (Phi) is 4.45. The Bertz CT molecular complexity index is 465. The molecule has 0 bridgehead atoms. The Balaban J connectivity index is 2.02. The SMILES string of the molecule is CN[C@H]1CC[C@H](Oc2cc(=O)n(C)cc2Br)CC1. The lowest BCUT2D eigenvalue weighted by atomic mass is 9.93. The van der Waals surface area contributed by atoms with Crippen molar-refractivity contribution in [1.29, 1.82) is 0 Å². The predicted molar refractivity (Wildman–Crippen MR) is 75.1 cm³/mol. The van der Waals surface area contributed by atoms with Gasteiger partial charge in [0.05, 0.1) is 10.6 Å². The molecule has 1 aliphatic carbocycles. The smallest absolute Gasteiger partial charge is 0.254 e. The summed E-state index contributed by atoms with van der Waals surface area (Å²) in [5.41, 5.74) is -0.0443. The summed E-state index contributed by atoms with van der Waals surface area (Å²) < 4.78 is 8.30. The van der Waals surface area contributed by atoms with Gasteiger partial charge in [0.2, 0.25) is 0 Å². The van der Waals surface area contributed by atoms with Gasteiger partial charge in [-0.1, -0.05) is 0 Å². The third-order valence-electron chi connectivity index (χ3n) is 3.52. The molecule has 0 aromatic carbocycles. The van der Waals surface area contributed by atoms with Crippen molar-refractivity contribution in [2.45, 2.75) is 37.8 Å². The number of hydrogen-bond acceptors (Lipinski definition) is 3. The van der Waals surface area contributed by atoms with Crippen molar-refractivity contribution in [3.05, 3.63) is 27.1 Å². The summed E-state index contributed by atoms with van der Waals surface area (Å²) in [6.45, 7) is 0. The molecule has 1 aromatic heterocycles. The molecule has 0 amide bonds. The molecule has 0 saturated heterocycles. The van der Waals surface area contributed by atoms with Crippen LogP contribution in [0.1, 0.15) is 25.7 Å². The van der Waals surface area contributed by atoms with Crippen molar-refractivity contribution in [3.63, 3.8) is 0 Å². The van der Waals surface area contributed by atoms with Crippen molar-refractivity contribution in [1.82, 2.24) is 9.88 Å². The van der Waals surface area contributed by atoms with Gasteiger partial charge >= 0.3 is 0 Å². The molecule has 0 radical (unpaired) electrons. The van der Waals surface area contributed by atoms with E-state index >= 15 is 0 Å². The highest BCUT2D eigenvalue weighted by atomic mass is 79.9. The zero-order chi connectivity index (χ0) is 13.1. The van der Waals surface area contributed by atoms with Crippen LogP contribution >= 0.6 is 15.9 Å². The topological polar surface area (TPSA) is 43.3 Å². The second-order valence-electron chi connectivity index (χ2n) is 4.81. The Labute approximate surface area is 115 Å². The predicted octanol–water partition coefficient (Wildman–Crippen LogP) is 2.06. The molecule has 1 N–H and O–H groups in total. The molecule has 0 spiro atoms. The first kappa shape index (κ1) is 13.6. The molecule has 0 unspecified atom stereocenters. The van der Waals surface area contributed by atoms with Gasteiger partial charge in [0, 0.05) is 25.4 Å². The standard InChI is InChI=1S/C13H19BrN2O2/c1-15-9-3-5-10(6-4-9)18-12-7-13(17)16(2)8-11(12)14/h7-10,15H,3-6H2,1-2H3/t9-,10-. The van der Waals surface area contributed by atoms with E-state index < -0.39 is 0 Å². The van der Waals surface area contributed by atoms with Gasteiger partial charge in [-0.2, -0.15) is 0 Å². The van der Waals surface area contributed by atoms with Crippen molar-refractivity contribution in [3.8, 4) is 5.75 Å². The summed E-state index contributed by atoms with van der Waals surface area (Å²) >= 11 is 3.44. The highest BCUT2D eigenvalue weighted by Crippen LogP contribution is 2.28. The maximum Gasteiger partial charge on any atom is 0.254 e. The average molecular weight is 315 g/mol. The van der Waals surface area contributed by atoms with Crippen LogP contribution in [0, 0.1) is 0 Å². The lowest BCUT2D eigenvalue weighted by Gasteiger charge is -2.29. The summed E-state index contributed by atoms with van der Waals surface area (Å²) in [5, 5.41) is 3.30. The van der Waals surface area contributed by atoms with Crippen molar-refractivity contribution >= 4 is 15.9 Å². The fourth-order valence-corrected chi connectivity index (χ4v) is 2.83. The number of nitrogens with zero attached hydrogens (tertiary/aromatic N) is 1. The van der Waals surface area contributed by atoms with Gasteiger partial charge in [-0.3, -0.25) is 4.79 Å². The second-order valence-corrected chi connectivity index (χ2v) is 5.67. The summed E-state index contributed by atoms with van der Waals surface area (Å²) in [7, 11) is 3.73. The number of halogens is 1. The summed E-state index contributed by atoms with van der Waals surface area (Å²) in [4.78, 5) is 11.6. The molecule has 1 saturated carbocycles. The van der Waals surface area contributed by atoms with E-state index in [1.54, 1.807) is 19.3 Å². The van der Waals surface area contributed by atoms with E-state index in [1.807, 2.05) is 7.05 Å². The van der Waals surface area contributed by atoms with Crippen LogP contribution in [0.2, 0.25) is 0 Å². The normalized spacial score (nSPS) is 23.9. The molecule has 1 fully saturated rings. The summed E-state index contributed by atoms with van der Waals surface area (Å²) in [6, 6.07) is 2.16. The van der Waals surface area contributed by atoms with Gasteiger partial charge in [0.1, 0.15) is 5.75 Å². The molecule has 18 heavy (non-hydrogen) atoms. The summed E-state index contributed by atoms with van der Waals surface area (Å²) in [6.07, 6.45) is 6.29. The molecule has 4 nitrogen and oxygen atoms in total. The molecule has 1 aromatic rings. The number of nitrogens with one attached hydrogen (secondary N) is 1. The van der Waals surface area contributed by atoms with E-state index in [-0.39, 0.29) is 11.7 Å². The van der Waals surface area contributed by atoms with Crippen LogP contribution in [0.5, 0.6) is 5.75 Å². The number of pyridine rings is 1. The molecule has 100 valence electrons. The lowest BCUT2D eigenvalue weighted by Crippen LogP contribution is -2.34. The number of hydrogen-bond donors (Lipinski definition) is 1. The van der Waals surface area contributed by atoms with Crippen molar-refractivity contribution in [2.24, 2.45) is 7.05 Å². The fraction of sp³-hybridized carbons (Fsp3) is 0.615. The number of aryl methyl sites for hydroxylation is 1. The van der Waals surface area contributed by atoms with E-state index in [1.165, 1.54) is 4.57 Å². The largest absolute Gasteiger partial charge is 0.489 e. The number of ether oxygens (including phenoxy) is 1. The van der Waals surface area contributed by atoms with Crippen LogP contribution in [0.3, 0.4) is 0 Å².